The predicted octanol–water partition coefficient (Wildman–Crippen LogP) is 3.65. The lowest BCUT2D eigenvalue weighted by Crippen LogP contribution is -2.23. The fraction of sp³-hybridized carbons (Fsp3) is 0.316. The summed E-state index contributed by atoms with van der Waals surface area (Å²) in [5.41, 5.74) is 3.35. The molecule has 0 aliphatic heterocycles. The quantitative estimate of drug-likeness (QED) is 0.753. The molecule has 0 radical (unpaired) electrons. The summed E-state index contributed by atoms with van der Waals surface area (Å²) in [5.74, 6) is 0.811. The van der Waals surface area contributed by atoms with Gasteiger partial charge in [-0.3, -0.25) is 4.79 Å². The number of amides is 1. The molecule has 5 nitrogen and oxygen atoms in total. The molecule has 1 amide bonds. The third-order valence-corrected chi connectivity index (χ3v) is 3.87. The number of carbonyl (C=O) groups excluding carboxylic acids is 1. The normalized spacial score (nSPS) is 10.9. The van der Waals surface area contributed by atoms with Crippen molar-refractivity contribution in [3.8, 4) is 11.4 Å². The second-order valence-corrected chi connectivity index (χ2v) is 5.77. The average molecular weight is 322 g/mol. The Labute approximate surface area is 141 Å². The van der Waals surface area contributed by atoms with Crippen molar-refractivity contribution in [2.75, 3.05) is 6.54 Å². The monoisotopic (exact) mass is 322 g/mol. The zero-order chi connectivity index (χ0) is 16.9. The van der Waals surface area contributed by atoms with Crippen molar-refractivity contribution in [3.63, 3.8) is 0 Å². The molecule has 0 bridgehead atoms. The molecule has 3 aromatic rings. The van der Waals surface area contributed by atoms with Gasteiger partial charge < -0.3 is 9.88 Å². The molecule has 24 heavy (non-hydrogen) atoms. The van der Waals surface area contributed by atoms with Crippen LogP contribution in [0.4, 0.5) is 0 Å². The van der Waals surface area contributed by atoms with E-state index >= 15 is 0 Å². The maximum absolute atomic E-state index is 12.2. The molecule has 2 heterocycles. The Hall–Kier alpha value is -2.69. The van der Waals surface area contributed by atoms with E-state index in [1.165, 1.54) is 0 Å². The topological polar surface area (TPSA) is 59.8 Å². The van der Waals surface area contributed by atoms with Crippen molar-refractivity contribution in [2.45, 2.75) is 33.2 Å². The van der Waals surface area contributed by atoms with Crippen LogP contribution >= 0.6 is 0 Å². The molecule has 1 N–H and O–H groups in total. The number of aryl methyl sites for hydroxylation is 1. The Morgan fingerprint density at radius 1 is 1.17 bits per heavy atom. The van der Waals surface area contributed by atoms with Gasteiger partial charge in [0.1, 0.15) is 11.3 Å². The highest BCUT2D eigenvalue weighted by molar-refractivity contribution is 5.95. The van der Waals surface area contributed by atoms with E-state index in [-0.39, 0.29) is 5.91 Å². The van der Waals surface area contributed by atoms with Gasteiger partial charge in [-0.05, 0) is 37.1 Å². The molecule has 0 aliphatic carbocycles. The van der Waals surface area contributed by atoms with Crippen LogP contribution in [0, 0.1) is 0 Å². The zero-order valence-corrected chi connectivity index (χ0v) is 14.1. The molecular weight excluding hydrogens is 300 g/mol. The van der Waals surface area contributed by atoms with E-state index in [9.17, 15) is 4.79 Å². The third kappa shape index (κ3) is 3.15. The van der Waals surface area contributed by atoms with E-state index in [1.807, 2.05) is 43.3 Å². The van der Waals surface area contributed by atoms with Gasteiger partial charge >= 0.3 is 0 Å². The summed E-state index contributed by atoms with van der Waals surface area (Å²) < 4.78 is 2.12. The fourth-order valence-corrected chi connectivity index (χ4v) is 2.75. The van der Waals surface area contributed by atoms with E-state index in [0.717, 1.165) is 41.9 Å². The van der Waals surface area contributed by atoms with Crippen LogP contribution in [0.1, 0.15) is 37.0 Å². The Morgan fingerprint density at radius 2 is 2.04 bits per heavy atom. The number of imidazole rings is 1. The Bertz CT molecular complexity index is 853. The van der Waals surface area contributed by atoms with Gasteiger partial charge in [0.2, 0.25) is 0 Å². The van der Waals surface area contributed by atoms with Crippen LogP contribution in [0.2, 0.25) is 0 Å². The zero-order valence-electron chi connectivity index (χ0n) is 14.1. The molecule has 0 spiro atoms. The molecule has 0 saturated carbocycles. The van der Waals surface area contributed by atoms with E-state index < -0.39 is 0 Å². The van der Waals surface area contributed by atoms with Gasteiger partial charge in [0.05, 0.1) is 0 Å². The van der Waals surface area contributed by atoms with Gasteiger partial charge in [0.25, 0.3) is 5.91 Å². The van der Waals surface area contributed by atoms with Crippen LogP contribution in [0.5, 0.6) is 0 Å². The first-order valence-corrected chi connectivity index (χ1v) is 8.44. The maximum Gasteiger partial charge on any atom is 0.251 e. The van der Waals surface area contributed by atoms with Crippen molar-refractivity contribution in [1.82, 2.24) is 19.9 Å². The number of carbonyl (C=O) groups is 1. The molecule has 124 valence electrons. The van der Waals surface area contributed by atoms with Gasteiger partial charge in [-0.25, -0.2) is 9.97 Å². The van der Waals surface area contributed by atoms with Gasteiger partial charge in [0.15, 0.2) is 5.65 Å². The minimum atomic E-state index is -0.0463. The SMILES string of the molecule is CCCNC(=O)c1cccc(-c2nc3cccnc3n2CCC)c1. The Kier molecular flexibility index (Phi) is 4.89. The number of aromatic nitrogens is 3. The molecule has 0 aliphatic rings. The summed E-state index contributed by atoms with van der Waals surface area (Å²) in [7, 11) is 0. The second kappa shape index (κ2) is 7.25. The van der Waals surface area contributed by atoms with Crippen LogP contribution < -0.4 is 5.32 Å². The van der Waals surface area contributed by atoms with Crippen molar-refractivity contribution < 1.29 is 4.79 Å². The minimum Gasteiger partial charge on any atom is -0.352 e. The van der Waals surface area contributed by atoms with Crippen LogP contribution in [0.25, 0.3) is 22.6 Å². The lowest BCUT2D eigenvalue weighted by atomic mass is 10.1. The molecule has 1 aromatic carbocycles. The van der Waals surface area contributed by atoms with E-state index in [0.29, 0.717) is 12.1 Å². The molecular formula is C19H22N4O. The molecule has 3 rings (SSSR count). The number of hydrogen-bond acceptors (Lipinski definition) is 3. The van der Waals surface area contributed by atoms with Gasteiger partial charge in [-0.1, -0.05) is 26.0 Å². The predicted molar refractivity (Wildman–Crippen MR) is 95.9 cm³/mol. The van der Waals surface area contributed by atoms with Crippen molar-refractivity contribution >= 4 is 17.1 Å². The molecule has 0 fully saturated rings. The highest BCUT2D eigenvalue weighted by Gasteiger charge is 2.14. The average Bonchev–Trinajstić information content (AvgIpc) is 2.99. The number of rotatable bonds is 6. The first-order chi connectivity index (χ1) is 11.7. The second-order valence-electron chi connectivity index (χ2n) is 5.77. The first kappa shape index (κ1) is 16.2. The van der Waals surface area contributed by atoms with Crippen molar-refractivity contribution in [3.05, 3.63) is 48.2 Å². The van der Waals surface area contributed by atoms with Crippen molar-refractivity contribution in [2.24, 2.45) is 0 Å². The summed E-state index contributed by atoms with van der Waals surface area (Å²) in [4.78, 5) is 21.4. The van der Waals surface area contributed by atoms with Gasteiger partial charge in [0, 0.05) is 30.4 Å². The van der Waals surface area contributed by atoms with E-state index in [2.05, 4.69) is 21.8 Å². The molecule has 0 atom stereocenters. The number of pyridine rings is 1. The molecule has 2 aromatic heterocycles. The standard InChI is InChI=1S/C19H22N4O/c1-3-10-21-19(24)15-8-5-7-14(13-15)17-22-16-9-6-11-20-18(16)23(17)12-4-2/h5-9,11,13H,3-4,10,12H2,1-2H3,(H,21,24). The lowest BCUT2D eigenvalue weighted by molar-refractivity contribution is 0.0953. The molecule has 5 heteroatoms. The summed E-state index contributed by atoms with van der Waals surface area (Å²) in [6.45, 7) is 5.69. The Morgan fingerprint density at radius 3 is 2.83 bits per heavy atom. The van der Waals surface area contributed by atoms with Crippen LogP contribution in [0.3, 0.4) is 0 Å². The number of nitrogens with zero attached hydrogens (tertiary/aromatic N) is 3. The highest BCUT2D eigenvalue weighted by Crippen LogP contribution is 2.24. The number of fused-ring (bicyclic) bond motifs is 1. The van der Waals surface area contributed by atoms with Crippen LogP contribution in [-0.4, -0.2) is 27.0 Å². The first-order valence-electron chi connectivity index (χ1n) is 8.44. The summed E-state index contributed by atoms with van der Waals surface area (Å²) in [6, 6.07) is 11.5. The van der Waals surface area contributed by atoms with Crippen molar-refractivity contribution in [1.29, 1.82) is 0 Å². The summed E-state index contributed by atoms with van der Waals surface area (Å²) in [6.07, 6.45) is 3.70. The van der Waals surface area contributed by atoms with Crippen LogP contribution in [-0.2, 0) is 6.54 Å². The molecule has 0 saturated heterocycles. The third-order valence-electron chi connectivity index (χ3n) is 3.87. The lowest BCUT2D eigenvalue weighted by Gasteiger charge is -2.09. The number of nitrogens with one attached hydrogen (secondary N) is 1. The molecule has 0 unspecified atom stereocenters. The summed E-state index contributed by atoms with van der Waals surface area (Å²) in [5, 5.41) is 2.92. The largest absolute Gasteiger partial charge is 0.352 e. The maximum atomic E-state index is 12.2. The van der Waals surface area contributed by atoms with E-state index in [1.54, 1.807) is 6.20 Å². The number of hydrogen-bond donors (Lipinski definition) is 1. The highest BCUT2D eigenvalue weighted by atomic mass is 16.1. The smallest absolute Gasteiger partial charge is 0.251 e. The van der Waals surface area contributed by atoms with Crippen LogP contribution in [0.15, 0.2) is 42.6 Å². The minimum absolute atomic E-state index is 0.0463. The Balaban J connectivity index is 2.04. The van der Waals surface area contributed by atoms with Gasteiger partial charge in [-0.2, -0.15) is 0 Å². The fourth-order valence-electron chi connectivity index (χ4n) is 2.75. The summed E-state index contributed by atoms with van der Waals surface area (Å²) >= 11 is 0. The number of benzene rings is 1. The van der Waals surface area contributed by atoms with Gasteiger partial charge in [-0.15, -0.1) is 0 Å². The van der Waals surface area contributed by atoms with E-state index in [4.69, 9.17) is 4.98 Å².